The zero-order valence-corrected chi connectivity index (χ0v) is 16.8. The lowest BCUT2D eigenvalue weighted by Gasteiger charge is -2.10. The van der Waals surface area contributed by atoms with Crippen LogP contribution in [0.3, 0.4) is 0 Å². The van der Waals surface area contributed by atoms with Gasteiger partial charge in [-0.3, -0.25) is 9.59 Å². The zero-order valence-electron chi connectivity index (χ0n) is 16.8. The Labute approximate surface area is 167 Å². The number of ether oxygens (including phenoxy) is 1. The Hall–Kier alpha value is -3.14. The van der Waals surface area contributed by atoms with E-state index in [1.165, 1.54) is 11.0 Å². The lowest BCUT2D eigenvalue weighted by atomic mass is 10.0. The third-order valence-electron chi connectivity index (χ3n) is 4.15. The summed E-state index contributed by atoms with van der Waals surface area (Å²) in [6.45, 7) is 6.44. The van der Waals surface area contributed by atoms with Crippen LogP contribution in [0.25, 0.3) is 6.08 Å². The zero-order chi connectivity index (χ0) is 20.5. The van der Waals surface area contributed by atoms with Crippen molar-refractivity contribution >= 4 is 17.8 Å². The molecule has 0 heterocycles. The molecule has 1 amide bonds. The number of nitrogens with zero attached hydrogens (tertiary/aromatic N) is 1. The number of hydrogen-bond donors (Lipinski definition) is 0. The molecule has 0 atom stereocenters. The molecule has 28 heavy (non-hydrogen) atoms. The van der Waals surface area contributed by atoms with Gasteiger partial charge in [-0.2, -0.15) is 0 Å². The fraction of sp³-hybridized carbons (Fsp3) is 0.250. The Morgan fingerprint density at radius 2 is 1.75 bits per heavy atom. The molecule has 4 heteroatoms. The highest BCUT2D eigenvalue weighted by atomic mass is 16.5. The Kier molecular flexibility index (Phi) is 7.76. The number of hydrogen-bond acceptors (Lipinski definition) is 3. The van der Waals surface area contributed by atoms with Gasteiger partial charge < -0.3 is 9.64 Å². The monoisotopic (exact) mass is 377 g/mol. The van der Waals surface area contributed by atoms with Gasteiger partial charge in [0.2, 0.25) is 0 Å². The van der Waals surface area contributed by atoms with E-state index in [1.54, 1.807) is 44.4 Å². The molecule has 0 saturated carbocycles. The van der Waals surface area contributed by atoms with E-state index in [-0.39, 0.29) is 11.7 Å². The minimum absolute atomic E-state index is 0.0914. The van der Waals surface area contributed by atoms with E-state index in [2.05, 4.69) is 13.5 Å². The van der Waals surface area contributed by atoms with Crippen LogP contribution in [-0.2, 0) is 6.42 Å². The lowest BCUT2D eigenvalue weighted by molar-refractivity contribution is 0.0827. The number of carbonyl (C=O) groups excluding carboxylic acids is 2. The van der Waals surface area contributed by atoms with Crippen LogP contribution in [0.2, 0.25) is 0 Å². The highest BCUT2D eigenvalue weighted by molar-refractivity contribution is 6.07. The molecular formula is C24H27NO3. The molecule has 146 valence electrons. The topological polar surface area (TPSA) is 46.6 Å². The first-order valence-corrected chi connectivity index (χ1v) is 9.37. The second kappa shape index (κ2) is 10.3. The Bertz CT molecular complexity index is 864. The third kappa shape index (κ3) is 5.68. The third-order valence-corrected chi connectivity index (χ3v) is 4.15. The van der Waals surface area contributed by atoms with Crippen molar-refractivity contribution < 1.29 is 14.3 Å². The summed E-state index contributed by atoms with van der Waals surface area (Å²) in [4.78, 5) is 26.0. The molecule has 0 aliphatic carbocycles. The summed E-state index contributed by atoms with van der Waals surface area (Å²) in [5.74, 6) is 0.538. The Balaban J connectivity index is 2.21. The van der Waals surface area contributed by atoms with Crippen LogP contribution < -0.4 is 4.74 Å². The van der Waals surface area contributed by atoms with Crippen molar-refractivity contribution in [2.24, 2.45) is 0 Å². The number of rotatable bonds is 9. The number of allylic oxidation sites excluding steroid dienone is 2. The van der Waals surface area contributed by atoms with E-state index in [1.807, 2.05) is 24.3 Å². The van der Waals surface area contributed by atoms with Crippen LogP contribution in [0.15, 0.2) is 61.2 Å². The summed E-state index contributed by atoms with van der Waals surface area (Å²) in [5, 5.41) is 0. The number of ketones is 1. The molecule has 0 aliphatic heterocycles. The highest BCUT2D eigenvalue weighted by Gasteiger charge is 2.09. The maximum absolute atomic E-state index is 12.5. The van der Waals surface area contributed by atoms with Crippen LogP contribution in [0, 0.1) is 0 Å². The van der Waals surface area contributed by atoms with Crippen molar-refractivity contribution in [3.05, 3.63) is 83.4 Å². The van der Waals surface area contributed by atoms with E-state index >= 15 is 0 Å². The summed E-state index contributed by atoms with van der Waals surface area (Å²) in [7, 11) is 3.39. The minimum atomic E-state index is -0.126. The van der Waals surface area contributed by atoms with Crippen LogP contribution >= 0.6 is 0 Å². The number of amides is 1. The molecule has 0 radical (unpaired) electrons. The van der Waals surface area contributed by atoms with Gasteiger partial charge in [-0.25, -0.2) is 0 Å². The van der Waals surface area contributed by atoms with E-state index < -0.39 is 0 Å². The van der Waals surface area contributed by atoms with Crippen molar-refractivity contribution in [2.75, 3.05) is 20.7 Å². The van der Waals surface area contributed by atoms with Crippen LogP contribution in [0.1, 0.15) is 45.2 Å². The first-order valence-electron chi connectivity index (χ1n) is 9.37. The maximum Gasteiger partial charge on any atom is 0.253 e. The van der Waals surface area contributed by atoms with E-state index in [0.29, 0.717) is 17.7 Å². The van der Waals surface area contributed by atoms with Gasteiger partial charge in [0.25, 0.3) is 5.91 Å². The second-order valence-electron chi connectivity index (χ2n) is 6.69. The van der Waals surface area contributed by atoms with Gasteiger partial charge in [0.1, 0.15) is 5.75 Å². The molecule has 0 bridgehead atoms. The fourth-order valence-electron chi connectivity index (χ4n) is 2.66. The van der Waals surface area contributed by atoms with Gasteiger partial charge in [0.05, 0.1) is 6.61 Å². The first-order chi connectivity index (χ1) is 13.5. The summed E-state index contributed by atoms with van der Waals surface area (Å²) < 4.78 is 5.79. The Morgan fingerprint density at radius 3 is 2.36 bits per heavy atom. The van der Waals surface area contributed by atoms with Gasteiger partial charge >= 0.3 is 0 Å². The van der Waals surface area contributed by atoms with Gasteiger partial charge in [0.15, 0.2) is 5.78 Å². The SMILES string of the molecule is C=CCc1ccc(OCCC)c(/C=C/C(=O)c2ccc(C(=O)N(C)C)cc2)c1. The smallest absolute Gasteiger partial charge is 0.253 e. The predicted molar refractivity (Wildman–Crippen MR) is 114 cm³/mol. The molecule has 0 spiro atoms. The molecule has 0 N–H and O–H groups in total. The normalized spacial score (nSPS) is 10.7. The molecule has 4 nitrogen and oxygen atoms in total. The largest absolute Gasteiger partial charge is 0.493 e. The Morgan fingerprint density at radius 1 is 1.07 bits per heavy atom. The van der Waals surface area contributed by atoms with Crippen molar-refractivity contribution in [3.8, 4) is 5.75 Å². The molecule has 2 rings (SSSR count). The summed E-state index contributed by atoms with van der Waals surface area (Å²) in [6, 6.07) is 12.6. The van der Waals surface area contributed by atoms with Gasteiger partial charge in [0, 0.05) is 30.8 Å². The average molecular weight is 377 g/mol. The van der Waals surface area contributed by atoms with E-state index in [4.69, 9.17) is 4.74 Å². The second-order valence-corrected chi connectivity index (χ2v) is 6.69. The van der Waals surface area contributed by atoms with E-state index in [0.717, 1.165) is 29.7 Å². The number of benzene rings is 2. The predicted octanol–water partition coefficient (Wildman–Crippen LogP) is 4.80. The quantitative estimate of drug-likeness (QED) is 0.358. The molecule has 0 unspecified atom stereocenters. The average Bonchev–Trinajstić information content (AvgIpc) is 2.71. The standard InChI is InChI=1S/C24H27NO3/c1-5-7-18-8-15-23(28-16-6-2)21(17-18)13-14-22(26)19-9-11-20(12-10-19)24(27)25(3)4/h5,8-15,17H,1,6-7,16H2,2-4H3/b14-13+. The summed E-state index contributed by atoms with van der Waals surface area (Å²) >= 11 is 0. The summed E-state index contributed by atoms with van der Waals surface area (Å²) in [5.41, 5.74) is 3.06. The molecule has 0 aliphatic rings. The number of carbonyl (C=O) groups is 2. The highest BCUT2D eigenvalue weighted by Crippen LogP contribution is 2.23. The lowest BCUT2D eigenvalue weighted by Crippen LogP contribution is -2.21. The first kappa shape index (κ1) is 21.2. The van der Waals surface area contributed by atoms with Gasteiger partial charge in [-0.1, -0.05) is 31.2 Å². The van der Waals surface area contributed by atoms with Gasteiger partial charge in [-0.05, 0) is 54.8 Å². The maximum atomic E-state index is 12.5. The molecule has 0 saturated heterocycles. The van der Waals surface area contributed by atoms with Crippen molar-refractivity contribution in [3.63, 3.8) is 0 Å². The van der Waals surface area contributed by atoms with Crippen LogP contribution in [0.4, 0.5) is 0 Å². The molecule has 0 aromatic heterocycles. The van der Waals surface area contributed by atoms with Crippen LogP contribution in [-0.4, -0.2) is 37.3 Å². The molecule has 0 fully saturated rings. The van der Waals surface area contributed by atoms with Gasteiger partial charge in [-0.15, -0.1) is 6.58 Å². The van der Waals surface area contributed by atoms with E-state index in [9.17, 15) is 9.59 Å². The summed E-state index contributed by atoms with van der Waals surface area (Å²) in [6.07, 6.45) is 6.82. The molecule has 2 aromatic carbocycles. The minimum Gasteiger partial charge on any atom is -0.493 e. The van der Waals surface area contributed by atoms with Crippen molar-refractivity contribution in [2.45, 2.75) is 19.8 Å². The van der Waals surface area contributed by atoms with Crippen molar-refractivity contribution in [1.29, 1.82) is 0 Å². The molecular weight excluding hydrogens is 350 g/mol. The molecule has 2 aromatic rings. The fourth-order valence-corrected chi connectivity index (χ4v) is 2.66. The van der Waals surface area contributed by atoms with Crippen molar-refractivity contribution in [1.82, 2.24) is 4.90 Å². The van der Waals surface area contributed by atoms with Crippen LogP contribution in [0.5, 0.6) is 5.75 Å².